The summed E-state index contributed by atoms with van der Waals surface area (Å²) in [5.74, 6) is 0.600. The topological polar surface area (TPSA) is 53.4 Å². The van der Waals surface area contributed by atoms with Crippen LogP contribution in [0, 0.1) is 5.92 Å². The summed E-state index contributed by atoms with van der Waals surface area (Å²) in [5, 5.41) is 17.9. The van der Waals surface area contributed by atoms with Crippen LogP contribution >= 0.6 is 0 Å². The molecule has 1 atom stereocenters. The molecule has 14 heavy (non-hydrogen) atoms. The largest absolute Gasteiger partial charge is 0.490 e. The van der Waals surface area contributed by atoms with Crippen LogP contribution in [-0.4, -0.2) is 22.2 Å². The number of nitrogens with zero attached hydrogens (tertiary/aromatic N) is 1. The van der Waals surface area contributed by atoms with E-state index in [0.29, 0.717) is 11.4 Å². The Bertz CT molecular complexity index is 291. The molecule has 0 aliphatic carbocycles. The van der Waals surface area contributed by atoms with E-state index in [1.165, 1.54) is 6.20 Å². The molecule has 0 amide bonds. The van der Waals surface area contributed by atoms with Crippen molar-refractivity contribution in [3.05, 3.63) is 24.0 Å². The minimum absolute atomic E-state index is 0.464. The molecule has 0 saturated carbocycles. The molecule has 0 aliphatic rings. The van der Waals surface area contributed by atoms with Crippen molar-refractivity contribution in [1.82, 2.24) is 4.98 Å². The molecule has 76 valence electrons. The van der Waals surface area contributed by atoms with Gasteiger partial charge in [-0.3, -0.25) is 4.98 Å². The number of aromatic nitrogens is 1. The molecule has 1 aromatic rings. The average molecular weight is 193 g/mol. The first-order chi connectivity index (χ1) is 6.63. The molecule has 1 heterocycles. The molecule has 1 aromatic heterocycles. The fourth-order valence-corrected chi connectivity index (χ4v) is 1.31. The van der Waals surface area contributed by atoms with E-state index < -0.39 is 7.12 Å². The van der Waals surface area contributed by atoms with Crippen molar-refractivity contribution in [3.63, 3.8) is 0 Å². The quantitative estimate of drug-likeness (QED) is 0.678. The first-order valence-corrected chi connectivity index (χ1v) is 4.93. The molecule has 3 nitrogen and oxygen atoms in total. The Morgan fingerprint density at radius 3 is 2.71 bits per heavy atom. The Morgan fingerprint density at radius 1 is 1.43 bits per heavy atom. The van der Waals surface area contributed by atoms with Gasteiger partial charge in [0.25, 0.3) is 0 Å². The van der Waals surface area contributed by atoms with E-state index in [1.54, 1.807) is 12.3 Å². The number of pyridine rings is 1. The van der Waals surface area contributed by atoms with Crippen molar-refractivity contribution >= 4 is 12.6 Å². The van der Waals surface area contributed by atoms with Gasteiger partial charge in [0.05, 0.1) is 0 Å². The van der Waals surface area contributed by atoms with Crippen LogP contribution in [-0.2, 0) is 6.42 Å². The molecule has 1 unspecified atom stereocenters. The predicted octanol–water partition coefficient (Wildman–Crippen LogP) is 0.350. The molecule has 0 saturated heterocycles. The van der Waals surface area contributed by atoms with Crippen molar-refractivity contribution in [2.24, 2.45) is 5.92 Å². The lowest BCUT2D eigenvalue weighted by Crippen LogP contribution is -2.30. The summed E-state index contributed by atoms with van der Waals surface area (Å²) in [6, 6.07) is 1.80. The summed E-state index contributed by atoms with van der Waals surface area (Å²) in [7, 11) is -1.42. The maximum absolute atomic E-state index is 8.96. The predicted molar refractivity (Wildman–Crippen MR) is 57.2 cm³/mol. The second kappa shape index (κ2) is 5.12. The van der Waals surface area contributed by atoms with Crippen LogP contribution in [0.15, 0.2) is 18.5 Å². The first kappa shape index (κ1) is 11.2. The van der Waals surface area contributed by atoms with Gasteiger partial charge in [-0.05, 0) is 17.9 Å². The van der Waals surface area contributed by atoms with Gasteiger partial charge in [0.1, 0.15) is 0 Å². The minimum atomic E-state index is -1.42. The number of hydrogen-bond donors (Lipinski definition) is 2. The third kappa shape index (κ3) is 3.12. The molecule has 0 fully saturated rings. The molecule has 2 N–H and O–H groups in total. The van der Waals surface area contributed by atoms with E-state index >= 15 is 0 Å². The van der Waals surface area contributed by atoms with Crippen LogP contribution in [0.3, 0.4) is 0 Å². The Morgan fingerprint density at radius 2 is 2.14 bits per heavy atom. The summed E-state index contributed by atoms with van der Waals surface area (Å²) < 4.78 is 0. The Kier molecular flexibility index (Phi) is 4.10. The standard InChI is InChI=1S/C10H16BNO2/c1-3-8(2)4-9-5-10(11(13)14)7-12-6-9/h5-8,13-14H,3-4H2,1-2H3. The van der Waals surface area contributed by atoms with Crippen LogP contribution in [0.4, 0.5) is 0 Å². The van der Waals surface area contributed by atoms with E-state index in [0.717, 1.165) is 18.4 Å². The average Bonchev–Trinajstić information content (AvgIpc) is 2.18. The molecule has 0 aliphatic heterocycles. The highest BCUT2D eigenvalue weighted by molar-refractivity contribution is 6.58. The van der Waals surface area contributed by atoms with Crippen LogP contribution in [0.2, 0.25) is 0 Å². The van der Waals surface area contributed by atoms with Crippen LogP contribution < -0.4 is 5.46 Å². The molecule has 0 spiro atoms. The minimum Gasteiger partial charge on any atom is -0.423 e. The lowest BCUT2D eigenvalue weighted by atomic mass is 9.80. The lowest BCUT2D eigenvalue weighted by molar-refractivity contribution is 0.425. The van der Waals surface area contributed by atoms with E-state index in [2.05, 4.69) is 18.8 Å². The normalized spacial score (nSPS) is 12.6. The smallest absolute Gasteiger partial charge is 0.423 e. The zero-order valence-corrected chi connectivity index (χ0v) is 8.64. The zero-order chi connectivity index (χ0) is 10.6. The molecular weight excluding hydrogens is 177 g/mol. The van der Waals surface area contributed by atoms with Gasteiger partial charge in [-0.15, -0.1) is 0 Å². The molecular formula is C10H16BNO2. The van der Waals surface area contributed by atoms with E-state index in [4.69, 9.17) is 10.0 Å². The number of rotatable bonds is 4. The van der Waals surface area contributed by atoms with E-state index in [-0.39, 0.29) is 0 Å². The van der Waals surface area contributed by atoms with Gasteiger partial charge in [-0.25, -0.2) is 0 Å². The summed E-state index contributed by atoms with van der Waals surface area (Å²) in [6.07, 6.45) is 5.30. The zero-order valence-electron chi connectivity index (χ0n) is 8.64. The molecule has 0 bridgehead atoms. The molecule has 0 aromatic carbocycles. The van der Waals surface area contributed by atoms with Crippen LogP contribution in [0.1, 0.15) is 25.8 Å². The second-order valence-electron chi connectivity index (χ2n) is 3.72. The maximum atomic E-state index is 8.96. The molecule has 0 radical (unpaired) electrons. The molecule has 1 rings (SSSR count). The SMILES string of the molecule is CCC(C)Cc1cncc(B(O)O)c1. The number of hydrogen-bond acceptors (Lipinski definition) is 3. The monoisotopic (exact) mass is 193 g/mol. The maximum Gasteiger partial charge on any atom is 0.490 e. The van der Waals surface area contributed by atoms with Crippen molar-refractivity contribution in [2.45, 2.75) is 26.7 Å². The highest BCUT2D eigenvalue weighted by Gasteiger charge is 2.12. The van der Waals surface area contributed by atoms with Crippen molar-refractivity contribution in [3.8, 4) is 0 Å². The van der Waals surface area contributed by atoms with Gasteiger partial charge in [0.15, 0.2) is 0 Å². The van der Waals surface area contributed by atoms with Gasteiger partial charge in [-0.1, -0.05) is 26.3 Å². The Balaban J connectivity index is 2.73. The highest BCUT2D eigenvalue weighted by Crippen LogP contribution is 2.09. The van der Waals surface area contributed by atoms with Gasteiger partial charge in [-0.2, -0.15) is 0 Å². The highest BCUT2D eigenvalue weighted by atomic mass is 16.4. The fourth-order valence-electron chi connectivity index (χ4n) is 1.31. The summed E-state index contributed by atoms with van der Waals surface area (Å²) in [5.41, 5.74) is 1.52. The van der Waals surface area contributed by atoms with Crippen LogP contribution in [0.5, 0.6) is 0 Å². The first-order valence-electron chi connectivity index (χ1n) is 4.93. The Labute approximate surface area is 85.0 Å². The van der Waals surface area contributed by atoms with Crippen LogP contribution in [0.25, 0.3) is 0 Å². The van der Waals surface area contributed by atoms with Gasteiger partial charge >= 0.3 is 7.12 Å². The Hall–Kier alpha value is -0.865. The van der Waals surface area contributed by atoms with E-state index in [9.17, 15) is 0 Å². The van der Waals surface area contributed by atoms with Gasteiger partial charge in [0, 0.05) is 17.9 Å². The molecule has 4 heteroatoms. The van der Waals surface area contributed by atoms with Crippen molar-refractivity contribution in [2.75, 3.05) is 0 Å². The third-order valence-electron chi connectivity index (χ3n) is 2.40. The van der Waals surface area contributed by atoms with Crippen molar-refractivity contribution < 1.29 is 10.0 Å². The second-order valence-corrected chi connectivity index (χ2v) is 3.72. The summed E-state index contributed by atoms with van der Waals surface area (Å²) in [4.78, 5) is 3.97. The summed E-state index contributed by atoms with van der Waals surface area (Å²) >= 11 is 0. The van der Waals surface area contributed by atoms with Gasteiger partial charge < -0.3 is 10.0 Å². The van der Waals surface area contributed by atoms with Crippen molar-refractivity contribution in [1.29, 1.82) is 0 Å². The summed E-state index contributed by atoms with van der Waals surface area (Å²) in [6.45, 7) is 4.31. The van der Waals surface area contributed by atoms with Gasteiger partial charge in [0.2, 0.25) is 0 Å². The lowest BCUT2D eigenvalue weighted by Gasteiger charge is -2.08. The fraction of sp³-hybridized carbons (Fsp3) is 0.500. The third-order valence-corrected chi connectivity index (χ3v) is 2.40. The van der Waals surface area contributed by atoms with E-state index in [1.807, 2.05) is 0 Å².